The number of anilines is 1. The lowest BCUT2D eigenvalue weighted by Gasteiger charge is -2.06. The molecule has 0 fully saturated rings. The van der Waals surface area contributed by atoms with Crippen LogP contribution < -0.4 is 10.6 Å². The lowest BCUT2D eigenvalue weighted by Crippen LogP contribution is -2.18. The van der Waals surface area contributed by atoms with Crippen molar-refractivity contribution >= 4 is 28.8 Å². The first-order valence-corrected chi connectivity index (χ1v) is 6.76. The number of carbonyl (C=O) groups excluding carboxylic acids is 2. The molecule has 0 aliphatic carbocycles. The van der Waals surface area contributed by atoms with E-state index in [1.54, 1.807) is 42.6 Å². The third-order valence-electron chi connectivity index (χ3n) is 2.58. The molecule has 0 atom stereocenters. The molecule has 0 radical (unpaired) electrons. The zero-order valence-electron chi connectivity index (χ0n) is 10.5. The van der Waals surface area contributed by atoms with E-state index in [9.17, 15) is 9.59 Å². The molecule has 98 valence electrons. The molecule has 0 saturated heterocycles. The number of amides is 2. The summed E-state index contributed by atoms with van der Waals surface area (Å²) in [5, 5.41) is 9.22. The lowest BCUT2D eigenvalue weighted by atomic mass is 10.2. The van der Waals surface area contributed by atoms with Gasteiger partial charge in [0.15, 0.2) is 0 Å². The van der Waals surface area contributed by atoms with Crippen molar-refractivity contribution in [1.82, 2.24) is 5.32 Å². The quantitative estimate of drug-likeness (QED) is 0.898. The van der Waals surface area contributed by atoms with Gasteiger partial charge in [0.05, 0.1) is 6.42 Å². The summed E-state index contributed by atoms with van der Waals surface area (Å²) in [6.07, 6.45) is 0.341. The van der Waals surface area contributed by atoms with E-state index in [1.165, 1.54) is 0 Å². The molecule has 1 aromatic heterocycles. The average molecular weight is 274 g/mol. The lowest BCUT2D eigenvalue weighted by molar-refractivity contribution is -0.115. The van der Waals surface area contributed by atoms with Crippen molar-refractivity contribution in [2.24, 2.45) is 0 Å². The highest BCUT2D eigenvalue weighted by Crippen LogP contribution is 2.12. The van der Waals surface area contributed by atoms with Gasteiger partial charge < -0.3 is 10.6 Å². The Bertz CT molecular complexity index is 579. The third-order valence-corrected chi connectivity index (χ3v) is 3.31. The molecule has 1 aromatic carbocycles. The molecule has 5 heteroatoms. The first-order chi connectivity index (χ1) is 9.19. The van der Waals surface area contributed by atoms with E-state index in [2.05, 4.69) is 10.6 Å². The maximum absolute atomic E-state index is 11.8. The zero-order chi connectivity index (χ0) is 13.7. The van der Waals surface area contributed by atoms with E-state index in [4.69, 9.17) is 0 Å². The van der Waals surface area contributed by atoms with Crippen molar-refractivity contribution in [3.63, 3.8) is 0 Å². The van der Waals surface area contributed by atoms with Gasteiger partial charge in [-0.25, -0.2) is 0 Å². The Labute approximate surface area is 115 Å². The number of nitrogens with one attached hydrogen (secondary N) is 2. The van der Waals surface area contributed by atoms with Crippen LogP contribution >= 0.6 is 11.3 Å². The van der Waals surface area contributed by atoms with Gasteiger partial charge in [-0.05, 0) is 40.6 Å². The van der Waals surface area contributed by atoms with Crippen LogP contribution in [0.15, 0.2) is 41.1 Å². The second kappa shape index (κ2) is 6.15. The smallest absolute Gasteiger partial charge is 0.251 e. The molecule has 4 nitrogen and oxygen atoms in total. The molecular weight excluding hydrogens is 260 g/mol. The number of carbonyl (C=O) groups is 2. The van der Waals surface area contributed by atoms with Crippen LogP contribution in [0.2, 0.25) is 0 Å². The molecule has 2 rings (SSSR count). The van der Waals surface area contributed by atoms with Crippen LogP contribution in [-0.4, -0.2) is 18.9 Å². The predicted octanol–water partition coefficient (Wildman–Crippen LogP) is 2.29. The maximum atomic E-state index is 11.8. The summed E-state index contributed by atoms with van der Waals surface area (Å²) in [4.78, 5) is 23.3. The number of hydrogen-bond donors (Lipinski definition) is 2. The molecule has 0 saturated carbocycles. The van der Waals surface area contributed by atoms with E-state index < -0.39 is 0 Å². The van der Waals surface area contributed by atoms with Crippen molar-refractivity contribution in [3.8, 4) is 0 Å². The Hall–Kier alpha value is -2.14. The number of thiophene rings is 1. The molecule has 19 heavy (non-hydrogen) atoms. The Morgan fingerprint density at radius 2 is 2.11 bits per heavy atom. The van der Waals surface area contributed by atoms with Gasteiger partial charge in [-0.3, -0.25) is 9.59 Å². The largest absolute Gasteiger partial charge is 0.355 e. The maximum Gasteiger partial charge on any atom is 0.251 e. The van der Waals surface area contributed by atoms with Gasteiger partial charge in [-0.1, -0.05) is 6.07 Å². The van der Waals surface area contributed by atoms with Crippen LogP contribution in [0, 0.1) is 0 Å². The van der Waals surface area contributed by atoms with Crippen molar-refractivity contribution < 1.29 is 9.59 Å². The SMILES string of the molecule is CNC(=O)c1cccc(NC(=O)Cc2ccsc2)c1. The first kappa shape index (κ1) is 13.3. The predicted molar refractivity (Wildman–Crippen MR) is 76.5 cm³/mol. The van der Waals surface area contributed by atoms with Crippen molar-refractivity contribution in [1.29, 1.82) is 0 Å². The number of benzene rings is 1. The highest BCUT2D eigenvalue weighted by Gasteiger charge is 2.07. The minimum Gasteiger partial charge on any atom is -0.355 e. The minimum atomic E-state index is -0.172. The van der Waals surface area contributed by atoms with Crippen LogP contribution in [0.5, 0.6) is 0 Å². The van der Waals surface area contributed by atoms with Crippen LogP contribution in [0.25, 0.3) is 0 Å². The summed E-state index contributed by atoms with van der Waals surface area (Å²) in [5.74, 6) is -0.263. The van der Waals surface area contributed by atoms with Crippen LogP contribution in [-0.2, 0) is 11.2 Å². The van der Waals surface area contributed by atoms with E-state index >= 15 is 0 Å². The minimum absolute atomic E-state index is 0.0903. The highest BCUT2D eigenvalue weighted by molar-refractivity contribution is 7.08. The highest BCUT2D eigenvalue weighted by atomic mass is 32.1. The fraction of sp³-hybridized carbons (Fsp3) is 0.143. The van der Waals surface area contributed by atoms with Gasteiger partial charge in [0.1, 0.15) is 0 Å². The summed E-state index contributed by atoms with van der Waals surface area (Å²) >= 11 is 1.56. The first-order valence-electron chi connectivity index (χ1n) is 5.82. The van der Waals surface area contributed by atoms with Gasteiger partial charge in [0.25, 0.3) is 5.91 Å². The van der Waals surface area contributed by atoms with Gasteiger partial charge in [-0.15, -0.1) is 0 Å². The van der Waals surface area contributed by atoms with Gasteiger partial charge in [0.2, 0.25) is 5.91 Å². The molecule has 0 aliphatic rings. The summed E-state index contributed by atoms with van der Waals surface area (Å²) in [6, 6.07) is 8.78. The van der Waals surface area contributed by atoms with Crippen molar-refractivity contribution in [3.05, 3.63) is 52.2 Å². The molecule has 0 unspecified atom stereocenters. The molecule has 2 amide bonds. The standard InChI is InChI=1S/C14H14N2O2S/c1-15-14(18)11-3-2-4-12(8-11)16-13(17)7-10-5-6-19-9-10/h2-6,8-9H,7H2,1H3,(H,15,18)(H,16,17). The van der Waals surface area contributed by atoms with Gasteiger partial charge >= 0.3 is 0 Å². The third kappa shape index (κ3) is 3.66. The second-order valence-corrected chi connectivity index (χ2v) is 4.80. The molecule has 1 heterocycles. The Morgan fingerprint density at radius 3 is 2.79 bits per heavy atom. The molecule has 2 aromatic rings. The fourth-order valence-corrected chi connectivity index (χ4v) is 2.33. The monoisotopic (exact) mass is 274 g/mol. The average Bonchev–Trinajstić information content (AvgIpc) is 2.90. The van der Waals surface area contributed by atoms with Crippen LogP contribution in [0.1, 0.15) is 15.9 Å². The summed E-state index contributed by atoms with van der Waals surface area (Å²) in [5.41, 5.74) is 2.14. The summed E-state index contributed by atoms with van der Waals surface area (Å²) < 4.78 is 0. The number of rotatable bonds is 4. The van der Waals surface area contributed by atoms with E-state index in [-0.39, 0.29) is 11.8 Å². The molecule has 0 spiro atoms. The fourth-order valence-electron chi connectivity index (χ4n) is 1.67. The number of hydrogen-bond acceptors (Lipinski definition) is 3. The molecule has 2 N–H and O–H groups in total. The van der Waals surface area contributed by atoms with Crippen LogP contribution in [0.3, 0.4) is 0 Å². The summed E-state index contributed by atoms with van der Waals surface area (Å²) in [6.45, 7) is 0. The molecule has 0 bridgehead atoms. The topological polar surface area (TPSA) is 58.2 Å². The molecular formula is C14H14N2O2S. The normalized spacial score (nSPS) is 9.95. The zero-order valence-corrected chi connectivity index (χ0v) is 11.3. The van der Waals surface area contributed by atoms with Gasteiger partial charge in [0, 0.05) is 18.3 Å². The Morgan fingerprint density at radius 1 is 1.26 bits per heavy atom. The van der Waals surface area contributed by atoms with Crippen molar-refractivity contribution in [2.75, 3.05) is 12.4 Å². The van der Waals surface area contributed by atoms with Crippen molar-refractivity contribution in [2.45, 2.75) is 6.42 Å². The Kier molecular flexibility index (Phi) is 4.30. The molecule has 0 aliphatic heterocycles. The van der Waals surface area contributed by atoms with E-state index in [0.29, 0.717) is 17.7 Å². The summed E-state index contributed by atoms with van der Waals surface area (Å²) in [7, 11) is 1.57. The second-order valence-electron chi connectivity index (χ2n) is 4.02. The van der Waals surface area contributed by atoms with E-state index in [0.717, 1.165) is 5.56 Å². The van der Waals surface area contributed by atoms with Gasteiger partial charge in [-0.2, -0.15) is 11.3 Å². The Balaban J connectivity index is 2.02. The van der Waals surface area contributed by atoms with E-state index in [1.807, 2.05) is 16.8 Å². The van der Waals surface area contributed by atoms with Crippen LogP contribution in [0.4, 0.5) is 5.69 Å².